The summed E-state index contributed by atoms with van der Waals surface area (Å²) in [7, 11) is 0.861. The van der Waals surface area contributed by atoms with Gasteiger partial charge in [-0.25, -0.2) is 4.98 Å². The molecule has 2 fully saturated rings. The van der Waals surface area contributed by atoms with Gasteiger partial charge in [0.05, 0.1) is 12.6 Å². The van der Waals surface area contributed by atoms with Crippen LogP contribution < -0.4 is 4.74 Å². The lowest BCUT2D eigenvalue weighted by atomic mass is 9.84. The van der Waals surface area contributed by atoms with E-state index < -0.39 is 10.8 Å². The van der Waals surface area contributed by atoms with Crippen molar-refractivity contribution in [3.05, 3.63) is 35.9 Å². The monoisotopic (exact) mass is 343 g/mol. The summed E-state index contributed by atoms with van der Waals surface area (Å²) in [5, 5.41) is 1.39. The second-order valence-corrected chi connectivity index (χ2v) is 8.79. The van der Waals surface area contributed by atoms with Crippen molar-refractivity contribution in [2.24, 2.45) is 5.92 Å². The minimum Gasteiger partial charge on any atom is -0.481 e. The molecule has 0 saturated carbocycles. The third-order valence-electron chi connectivity index (χ3n) is 5.33. The summed E-state index contributed by atoms with van der Waals surface area (Å²) in [5.74, 6) is 0.784. The van der Waals surface area contributed by atoms with Crippen molar-refractivity contribution in [1.29, 1.82) is 0 Å². The van der Waals surface area contributed by atoms with Crippen LogP contribution in [0.1, 0.15) is 42.5 Å². The predicted molar refractivity (Wildman–Crippen MR) is 94.9 cm³/mol. The molecule has 4 rings (SSSR count). The maximum Gasteiger partial charge on any atom is 0.213 e. The number of hydrogen-bond acceptors (Lipinski definition) is 4. The van der Waals surface area contributed by atoms with Crippen molar-refractivity contribution >= 4 is 27.5 Å². The third kappa shape index (κ3) is 2.75. The van der Waals surface area contributed by atoms with Gasteiger partial charge in [0.25, 0.3) is 0 Å². The maximum atomic E-state index is 13.0. The van der Waals surface area contributed by atoms with E-state index >= 15 is 0 Å². The number of benzene rings is 1. The van der Waals surface area contributed by atoms with Gasteiger partial charge in [-0.15, -0.1) is 0 Å². The lowest BCUT2D eigenvalue weighted by molar-refractivity contribution is 0.0895. The number of carbonyl (C=O) groups excluding carboxylic acids is 1. The highest BCUT2D eigenvalue weighted by Gasteiger charge is 2.40. The molecule has 2 aliphatic heterocycles. The molecule has 1 aromatic carbocycles. The number of rotatable bonds is 3. The molecule has 0 radical (unpaired) electrons. The summed E-state index contributed by atoms with van der Waals surface area (Å²) < 4.78 is 17.5. The zero-order chi connectivity index (χ0) is 16.7. The summed E-state index contributed by atoms with van der Waals surface area (Å²) in [6.45, 7) is 0. The molecule has 1 aromatic heterocycles. The molecule has 2 aromatic rings. The molecule has 0 amide bonds. The molecule has 2 unspecified atom stereocenters. The van der Waals surface area contributed by atoms with Gasteiger partial charge in [-0.05, 0) is 49.9 Å². The fourth-order valence-corrected chi connectivity index (χ4v) is 6.24. The Labute approximate surface area is 144 Å². The van der Waals surface area contributed by atoms with E-state index in [-0.39, 0.29) is 22.2 Å². The Balaban J connectivity index is 1.60. The van der Waals surface area contributed by atoms with E-state index in [9.17, 15) is 9.00 Å². The number of carbonyl (C=O) groups is 1. The Morgan fingerprint density at radius 1 is 1.17 bits per heavy atom. The highest BCUT2D eigenvalue weighted by Crippen LogP contribution is 2.38. The standard InChI is InChI=1S/C19H21NO3S/c1-23-18-8-6-12-9-13(5-7-17(12)20-18)19(21)14-10-15-3-2-4-16(11-14)24(15)22/h5-9,14-16H,2-4,10-11H2,1H3. The Morgan fingerprint density at radius 2 is 1.92 bits per heavy atom. The Hall–Kier alpha value is -1.75. The number of ether oxygens (including phenoxy) is 1. The lowest BCUT2D eigenvalue weighted by Gasteiger charge is -2.37. The number of methoxy groups -OCH3 is 1. The average molecular weight is 343 g/mol. The first kappa shape index (κ1) is 15.8. The number of fused-ring (bicyclic) bond motifs is 3. The van der Waals surface area contributed by atoms with Crippen molar-refractivity contribution < 1.29 is 13.7 Å². The normalized spacial score (nSPS) is 29.4. The molecular weight excluding hydrogens is 322 g/mol. The van der Waals surface area contributed by atoms with Gasteiger partial charge in [0.2, 0.25) is 5.88 Å². The second kappa shape index (κ2) is 6.28. The van der Waals surface area contributed by atoms with E-state index in [4.69, 9.17) is 4.74 Å². The molecule has 0 N–H and O–H groups in total. The van der Waals surface area contributed by atoms with Gasteiger partial charge in [0.1, 0.15) is 0 Å². The molecule has 0 spiro atoms. The van der Waals surface area contributed by atoms with Gasteiger partial charge in [-0.1, -0.05) is 6.42 Å². The van der Waals surface area contributed by atoms with E-state index in [1.165, 1.54) is 0 Å². The topological polar surface area (TPSA) is 56.3 Å². The number of Topliss-reactive ketones (excluding diaryl/α,β-unsaturated/α-hetero) is 1. The molecule has 2 aliphatic rings. The zero-order valence-corrected chi connectivity index (χ0v) is 14.6. The van der Waals surface area contributed by atoms with Crippen LogP contribution in [0.25, 0.3) is 10.9 Å². The Bertz CT molecular complexity index is 803. The van der Waals surface area contributed by atoms with Crippen LogP contribution in [0.4, 0.5) is 0 Å². The highest BCUT2D eigenvalue weighted by molar-refractivity contribution is 7.86. The zero-order valence-electron chi connectivity index (χ0n) is 13.7. The van der Waals surface area contributed by atoms with Gasteiger partial charge in [0, 0.05) is 44.2 Å². The van der Waals surface area contributed by atoms with Crippen LogP contribution in [0, 0.1) is 5.92 Å². The Kier molecular flexibility index (Phi) is 4.12. The van der Waals surface area contributed by atoms with Crippen LogP contribution in [0.15, 0.2) is 30.3 Å². The van der Waals surface area contributed by atoms with Crippen LogP contribution in [-0.4, -0.2) is 32.6 Å². The predicted octanol–water partition coefficient (Wildman–Crippen LogP) is 3.51. The van der Waals surface area contributed by atoms with Gasteiger partial charge in [-0.2, -0.15) is 0 Å². The fraction of sp³-hybridized carbons (Fsp3) is 0.474. The van der Waals surface area contributed by atoms with Gasteiger partial charge in [0.15, 0.2) is 5.78 Å². The van der Waals surface area contributed by atoms with Gasteiger partial charge < -0.3 is 4.74 Å². The minimum absolute atomic E-state index is 0.0154. The number of aromatic nitrogens is 1. The van der Waals surface area contributed by atoms with Crippen LogP contribution >= 0.6 is 0 Å². The van der Waals surface area contributed by atoms with E-state index in [0.717, 1.165) is 48.6 Å². The average Bonchev–Trinajstić information content (AvgIpc) is 2.60. The number of pyridine rings is 1. The molecule has 3 heterocycles. The molecule has 2 bridgehead atoms. The first-order valence-corrected chi connectivity index (χ1v) is 9.81. The highest BCUT2D eigenvalue weighted by atomic mass is 32.2. The quantitative estimate of drug-likeness (QED) is 0.800. The first-order chi connectivity index (χ1) is 11.7. The van der Waals surface area contributed by atoms with E-state index in [1.54, 1.807) is 7.11 Å². The van der Waals surface area contributed by atoms with Gasteiger partial charge >= 0.3 is 0 Å². The largest absolute Gasteiger partial charge is 0.481 e. The van der Waals surface area contributed by atoms with E-state index in [1.807, 2.05) is 30.3 Å². The Morgan fingerprint density at radius 3 is 2.62 bits per heavy atom. The SMILES string of the molecule is COc1ccc2cc(C(=O)C3CC4CCCC(C3)S4=O)ccc2n1. The summed E-state index contributed by atoms with van der Waals surface area (Å²) in [4.78, 5) is 17.3. The third-order valence-corrected chi connectivity index (χ3v) is 7.50. The lowest BCUT2D eigenvalue weighted by Crippen LogP contribution is -2.41. The van der Waals surface area contributed by atoms with Crippen LogP contribution in [0.2, 0.25) is 0 Å². The van der Waals surface area contributed by atoms with Crippen molar-refractivity contribution in [3.8, 4) is 5.88 Å². The molecule has 4 nitrogen and oxygen atoms in total. The van der Waals surface area contributed by atoms with Crippen molar-refractivity contribution in [1.82, 2.24) is 4.98 Å². The second-order valence-electron chi connectivity index (χ2n) is 6.80. The van der Waals surface area contributed by atoms with Crippen LogP contribution in [0.3, 0.4) is 0 Å². The summed E-state index contributed by atoms with van der Waals surface area (Å²) >= 11 is 0. The van der Waals surface area contributed by atoms with E-state index in [2.05, 4.69) is 4.98 Å². The first-order valence-electron chi connectivity index (χ1n) is 8.54. The van der Waals surface area contributed by atoms with Crippen molar-refractivity contribution in [3.63, 3.8) is 0 Å². The summed E-state index contributed by atoms with van der Waals surface area (Å²) in [6, 6.07) is 9.41. The van der Waals surface area contributed by atoms with E-state index in [0.29, 0.717) is 5.88 Å². The van der Waals surface area contributed by atoms with Gasteiger partial charge in [-0.3, -0.25) is 9.00 Å². The minimum atomic E-state index is -0.732. The number of ketones is 1. The molecule has 2 saturated heterocycles. The summed E-state index contributed by atoms with van der Waals surface area (Å²) in [5.41, 5.74) is 1.57. The van der Waals surface area contributed by atoms with Crippen molar-refractivity contribution in [2.75, 3.05) is 7.11 Å². The number of hydrogen-bond donors (Lipinski definition) is 0. The van der Waals surface area contributed by atoms with Crippen LogP contribution in [0.5, 0.6) is 5.88 Å². The molecule has 126 valence electrons. The smallest absolute Gasteiger partial charge is 0.213 e. The summed E-state index contributed by atoms with van der Waals surface area (Å²) in [6.07, 6.45) is 4.73. The number of nitrogens with zero attached hydrogens (tertiary/aromatic N) is 1. The molecule has 5 heteroatoms. The molecule has 2 atom stereocenters. The molecular formula is C19H21NO3S. The molecule has 0 aliphatic carbocycles. The van der Waals surface area contributed by atoms with Crippen molar-refractivity contribution in [2.45, 2.75) is 42.6 Å². The fourth-order valence-electron chi connectivity index (χ4n) is 4.06. The molecule has 24 heavy (non-hydrogen) atoms. The maximum absolute atomic E-state index is 13.0. The van der Waals surface area contributed by atoms with Crippen LogP contribution in [-0.2, 0) is 10.8 Å².